The van der Waals surface area contributed by atoms with Crippen LogP contribution in [0.1, 0.15) is 42.1 Å². The van der Waals surface area contributed by atoms with Crippen molar-refractivity contribution in [2.24, 2.45) is 0 Å². The highest BCUT2D eigenvalue weighted by Crippen LogP contribution is 2.42. The Labute approximate surface area is 253 Å². The van der Waals surface area contributed by atoms with Crippen LogP contribution in [0.5, 0.6) is 0 Å². The number of benzene rings is 1. The second-order valence-electron chi connectivity index (χ2n) is 10.7. The van der Waals surface area contributed by atoms with Crippen molar-refractivity contribution in [2.45, 2.75) is 57.6 Å². The summed E-state index contributed by atoms with van der Waals surface area (Å²) in [4.78, 5) is 18.6. The topological polar surface area (TPSA) is 59.3 Å². The molecule has 41 heavy (non-hydrogen) atoms. The molecule has 6 rings (SSSR count). The molecular weight excluding hydrogens is 664 g/mol. The summed E-state index contributed by atoms with van der Waals surface area (Å²) in [5.41, 5.74) is 2.66. The van der Waals surface area contributed by atoms with Gasteiger partial charge in [0.25, 0.3) is 0 Å². The molecule has 3 aromatic heterocycles. The lowest BCUT2D eigenvalue weighted by molar-refractivity contribution is -0.137. The Morgan fingerprint density at radius 3 is 2.63 bits per heavy atom. The van der Waals surface area contributed by atoms with Gasteiger partial charge in [-0.3, -0.25) is 8.87 Å². The van der Waals surface area contributed by atoms with Gasteiger partial charge in [0, 0.05) is 105 Å². The van der Waals surface area contributed by atoms with Crippen LogP contribution in [0.15, 0.2) is 48.8 Å². The van der Waals surface area contributed by atoms with E-state index < -0.39 is 11.7 Å². The van der Waals surface area contributed by atoms with Crippen molar-refractivity contribution in [3.8, 4) is 11.4 Å². The minimum Gasteiger partial charge on any atom is -0.381 e. The maximum absolute atomic E-state index is 14.4. The molecule has 4 aromatic rings. The van der Waals surface area contributed by atoms with E-state index in [9.17, 15) is 13.2 Å². The van der Waals surface area contributed by atoms with Crippen molar-refractivity contribution in [1.29, 1.82) is 0 Å². The van der Waals surface area contributed by atoms with Crippen molar-refractivity contribution in [3.63, 3.8) is 0 Å². The average molecular weight is 695 g/mol. The number of halogens is 4. The molecule has 2 aliphatic rings. The van der Waals surface area contributed by atoms with Crippen LogP contribution in [0.3, 0.4) is 0 Å². The van der Waals surface area contributed by atoms with E-state index in [4.69, 9.17) is 14.7 Å². The summed E-state index contributed by atoms with van der Waals surface area (Å²) in [6, 6.07) is 12.1. The highest BCUT2D eigenvalue weighted by Gasteiger charge is 2.38. The SMILES string of the molecule is COC1CCN(c2nc(-c3c(C(F)(F)F)cnc4c3ccn4SI)nc3c2CN(Cc2ccccc2)CC3)C(C)C1. The van der Waals surface area contributed by atoms with Gasteiger partial charge in [-0.25, -0.2) is 15.0 Å². The van der Waals surface area contributed by atoms with Gasteiger partial charge in [-0.1, -0.05) is 30.3 Å². The molecular formula is C29H30F3IN6OS. The summed E-state index contributed by atoms with van der Waals surface area (Å²) in [7, 11) is 3.08. The predicted molar refractivity (Wildman–Crippen MR) is 164 cm³/mol. The third-order valence-corrected chi connectivity index (χ3v) is 9.80. The number of fused-ring (bicyclic) bond motifs is 2. The first-order chi connectivity index (χ1) is 19.8. The van der Waals surface area contributed by atoms with Crippen LogP contribution >= 0.6 is 30.3 Å². The van der Waals surface area contributed by atoms with Crippen molar-refractivity contribution in [2.75, 3.05) is 25.1 Å². The Kier molecular flexibility index (Phi) is 8.18. The summed E-state index contributed by atoms with van der Waals surface area (Å²) in [6.07, 6.45) is 0.469. The molecule has 5 heterocycles. The third-order valence-electron chi connectivity index (χ3n) is 8.08. The second-order valence-corrected chi connectivity index (χ2v) is 12.4. The van der Waals surface area contributed by atoms with Crippen molar-refractivity contribution < 1.29 is 17.9 Å². The van der Waals surface area contributed by atoms with Gasteiger partial charge in [-0.2, -0.15) is 13.2 Å². The minimum absolute atomic E-state index is 0.0121. The molecule has 0 aliphatic carbocycles. The molecule has 2 aliphatic heterocycles. The Morgan fingerprint density at radius 2 is 1.93 bits per heavy atom. The zero-order valence-electron chi connectivity index (χ0n) is 22.7. The first-order valence-electron chi connectivity index (χ1n) is 13.6. The number of pyridine rings is 1. The summed E-state index contributed by atoms with van der Waals surface area (Å²) in [6.45, 7) is 5.03. The monoisotopic (exact) mass is 694 g/mol. The molecule has 0 radical (unpaired) electrons. The summed E-state index contributed by atoms with van der Waals surface area (Å²) in [5, 5.41) is 0.391. The van der Waals surface area contributed by atoms with Crippen molar-refractivity contribution in [3.05, 3.63) is 71.2 Å². The fraction of sp³-hybridized carbons (Fsp3) is 0.414. The van der Waals surface area contributed by atoms with E-state index in [1.807, 2.05) is 18.2 Å². The Hall–Kier alpha value is -2.42. The molecule has 7 nitrogen and oxygen atoms in total. The molecule has 12 heteroatoms. The number of ether oxygens (including phenoxy) is 1. The highest BCUT2D eigenvalue weighted by atomic mass is 127. The van der Waals surface area contributed by atoms with Crippen molar-refractivity contribution in [1.82, 2.24) is 23.8 Å². The van der Waals surface area contributed by atoms with Gasteiger partial charge in [0.05, 0.1) is 17.4 Å². The van der Waals surface area contributed by atoms with Crippen molar-refractivity contribution >= 4 is 47.2 Å². The van der Waals surface area contributed by atoms with Gasteiger partial charge in [0.1, 0.15) is 5.82 Å². The van der Waals surface area contributed by atoms with Crippen LogP contribution in [0.4, 0.5) is 19.0 Å². The van der Waals surface area contributed by atoms with Gasteiger partial charge in [-0.05, 0) is 31.4 Å². The number of aromatic nitrogens is 4. The number of methoxy groups -OCH3 is 1. The molecule has 1 fully saturated rings. The summed E-state index contributed by atoms with van der Waals surface area (Å²) < 4.78 is 50.6. The number of alkyl halides is 3. The van der Waals surface area contributed by atoms with Gasteiger partial charge in [-0.15, -0.1) is 0 Å². The maximum Gasteiger partial charge on any atom is 0.418 e. The number of anilines is 1. The average Bonchev–Trinajstić information content (AvgIpc) is 3.39. The molecule has 216 valence electrons. The van der Waals surface area contributed by atoms with Crippen LogP contribution in [0.2, 0.25) is 0 Å². The number of piperidine rings is 1. The fourth-order valence-electron chi connectivity index (χ4n) is 6.01. The molecule has 2 unspecified atom stereocenters. The number of hydrogen-bond acceptors (Lipinski definition) is 7. The van der Waals surface area contributed by atoms with Gasteiger partial charge in [0.2, 0.25) is 0 Å². The molecule has 1 saturated heterocycles. The fourth-order valence-corrected chi connectivity index (χ4v) is 7.28. The molecule has 0 amide bonds. The van der Waals surface area contributed by atoms with E-state index >= 15 is 0 Å². The van der Waals surface area contributed by atoms with E-state index in [0.29, 0.717) is 30.5 Å². The third kappa shape index (κ3) is 5.67. The maximum atomic E-state index is 14.4. The molecule has 0 N–H and O–H groups in total. The zero-order chi connectivity index (χ0) is 28.7. The largest absolute Gasteiger partial charge is 0.418 e. The van der Waals surface area contributed by atoms with E-state index in [1.54, 1.807) is 23.3 Å². The second kappa shape index (κ2) is 11.7. The van der Waals surface area contributed by atoms with Gasteiger partial charge < -0.3 is 9.64 Å². The minimum atomic E-state index is -4.61. The lowest BCUT2D eigenvalue weighted by Crippen LogP contribution is -2.45. The van der Waals surface area contributed by atoms with Crippen LogP contribution < -0.4 is 4.90 Å². The van der Waals surface area contributed by atoms with Crippen LogP contribution in [-0.2, 0) is 30.4 Å². The normalized spacial score (nSPS) is 20.0. The first-order valence-corrected chi connectivity index (χ1v) is 16.9. The molecule has 0 saturated carbocycles. The van der Waals surface area contributed by atoms with Gasteiger partial charge >= 0.3 is 6.18 Å². The number of nitrogens with zero attached hydrogens (tertiary/aromatic N) is 6. The Morgan fingerprint density at radius 1 is 1.12 bits per heavy atom. The number of hydrogen-bond donors (Lipinski definition) is 0. The lowest BCUT2D eigenvalue weighted by Gasteiger charge is -2.40. The Bertz CT molecular complexity index is 1550. The number of rotatable bonds is 6. The van der Waals surface area contributed by atoms with Crippen LogP contribution in [0, 0.1) is 0 Å². The van der Waals surface area contributed by atoms with Gasteiger partial charge in [0.15, 0.2) is 11.5 Å². The van der Waals surface area contributed by atoms with Crippen LogP contribution in [0.25, 0.3) is 22.4 Å². The molecule has 1 aromatic carbocycles. The highest BCUT2D eigenvalue weighted by molar-refractivity contribution is 14.2. The predicted octanol–water partition coefficient (Wildman–Crippen LogP) is 6.92. The lowest BCUT2D eigenvalue weighted by atomic mass is 9.97. The smallest absolute Gasteiger partial charge is 0.381 e. The molecule has 0 spiro atoms. The molecule has 0 bridgehead atoms. The van der Waals surface area contributed by atoms with E-state index in [2.05, 4.69) is 55.0 Å². The van der Waals surface area contributed by atoms with E-state index in [0.717, 1.165) is 49.2 Å². The quantitative estimate of drug-likeness (QED) is 0.203. The molecule has 2 atom stereocenters. The standard InChI is InChI=1S/C29H30F3IN6OS/c1-18-14-20(40-2)8-12-38(18)28-22-17-37(16-19-6-4-3-5-7-19)11-10-24(22)35-26(36-28)25-21-9-13-39(41-33)27(21)34-15-23(25)29(30,31)32/h3-7,9,13,15,18,20H,8,10-12,14,16-17H2,1-2H3. The Balaban J connectivity index is 1.50. The van der Waals surface area contributed by atoms with Crippen LogP contribution in [-0.4, -0.2) is 56.2 Å². The first kappa shape index (κ1) is 28.7. The van der Waals surface area contributed by atoms with E-state index in [1.165, 1.54) is 14.7 Å². The van der Waals surface area contributed by atoms with E-state index in [-0.39, 0.29) is 23.5 Å². The summed E-state index contributed by atoms with van der Waals surface area (Å²) >= 11 is 2.09. The zero-order valence-corrected chi connectivity index (χ0v) is 25.7. The summed E-state index contributed by atoms with van der Waals surface area (Å²) in [5.74, 6) is 0.831.